The van der Waals surface area contributed by atoms with Crippen molar-refractivity contribution in [3.8, 4) is 0 Å². The number of carbonyl (C=O) groups excluding carboxylic acids is 1. The number of nitrogens with one attached hydrogen (secondary N) is 1. The summed E-state index contributed by atoms with van der Waals surface area (Å²) >= 11 is 3.27. The standard InChI is InChI=1S/C19H21N3O2S2/c1-11-5-6-13-15(8-11)26-19-17(13)18(20-10-21-19)25-9-16(23)22-12(2)14-4-3-7-24-14/h3-4,7,10-12H,5-6,8-9H2,1-2H3,(H,22,23)/t11-,12+/m0/s1. The number of amides is 1. The predicted octanol–water partition coefficient (Wildman–Crippen LogP) is 4.38. The number of fused-ring (bicyclic) bond motifs is 3. The van der Waals surface area contributed by atoms with Crippen LogP contribution in [0.1, 0.15) is 42.5 Å². The minimum Gasteiger partial charge on any atom is -0.467 e. The van der Waals surface area contributed by atoms with Gasteiger partial charge in [0.15, 0.2) is 0 Å². The summed E-state index contributed by atoms with van der Waals surface area (Å²) in [6.07, 6.45) is 6.64. The van der Waals surface area contributed by atoms with Crippen LogP contribution in [-0.4, -0.2) is 21.6 Å². The summed E-state index contributed by atoms with van der Waals surface area (Å²) in [5.41, 5.74) is 1.40. The molecule has 0 radical (unpaired) electrons. The molecule has 26 heavy (non-hydrogen) atoms. The van der Waals surface area contributed by atoms with Crippen LogP contribution < -0.4 is 5.32 Å². The number of thiophene rings is 1. The van der Waals surface area contributed by atoms with Crippen molar-refractivity contribution in [3.05, 3.63) is 40.9 Å². The highest BCUT2D eigenvalue weighted by Gasteiger charge is 2.23. The molecule has 0 fully saturated rings. The van der Waals surface area contributed by atoms with Crippen LogP contribution in [0.5, 0.6) is 0 Å². The molecular weight excluding hydrogens is 366 g/mol. The molecule has 0 aromatic carbocycles. The fourth-order valence-corrected chi connectivity index (χ4v) is 5.63. The van der Waals surface area contributed by atoms with Crippen molar-refractivity contribution in [1.29, 1.82) is 0 Å². The van der Waals surface area contributed by atoms with E-state index in [4.69, 9.17) is 4.42 Å². The van der Waals surface area contributed by atoms with Gasteiger partial charge >= 0.3 is 0 Å². The van der Waals surface area contributed by atoms with Gasteiger partial charge in [-0.1, -0.05) is 18.7 Å². The van der Waals surface area contributed by atoms with E-state index in [0.29, 0.717) is 5.75 Å². The second-order valence-corrected chi connectivity index (χ2v) is 8.85. The summed E-state index contributed by atoms with van der Waals surface area (Å²) in [5.74, 6) is 1.80. The van der Waals surface area contributed by atoms with Crippen LogP contribution in [0.2, 0.25) is 0 Å². The Morgan fingerprint density at radius 3 is 3.19 bits per heavy atom. The molecule has 1 amide bonds. The van der Waals surface area contributed by atoms with Crippen LogP contribution in [0.15, 0.2) is 34.2 Å². The van der Waals surface area contributed by atoms with Crippen LogP contribution in [0.3, 0.4) is 0 Å². The van der Waals surface area contributed by atoms with E-state index in [-0.39, 0.29) is 11.9 Å². The van der Waals surface area contributed by atoms with E-state index in [1.54, 1.807) is 23.9 Å². The molecule has 3 aromatic rings. The first-order chi connectivity index (χ1) is 12.6. The van der Waals surface area contributed by atoms with E-state index in [0.717, 1.165) is 39.8 Å². The molecule has 136 valence electrons. The topological polar surface area (TPSA) is 68.0 Å². The lowest BCUT2D eigenvalue weighted by atomic mass is 9.89. The molecule has 4 rings (SSSR count). The van der Waals surface area contributed by atoms with Gasteiger partial charge in [-0.3, -0.25) is 4.79 Å². The minimum absolute atomic E-state index is 0.0246. The Labute approximate surface area is 160 Å². The summed E-state index contributed by atoms with van der Waals surface area (Å²) in [6.45, 7) is 4.22. The number of nitrogens with zero attached hydrogens (tertiary/aromatic N) is 2. The van der Waals surface area contributed by atoms with Gasteiger partial charge in [0.25, 0.3) is 0 Å². The molecule has 0 saturated carbocycles. The number of hydrogen-bond acceptors (Lipinski definition) is 6. The molecule has 1 aliphatic carbocycles. The van der Waals surface area contributed by atoms with E-state index in [1.165, 1.54) is 28.6 Å². The zero-order valence-corrected chi connectivity index (χ0v) is 16.5. The number of rotatable bonds is 5. The average molecular weight is 388 g/mol. The Balaban J connectivity index is 1.48. The zero-order chi connectivity index (χ0) is 18.1. The largest absolute Gasteiger partial charge is 0.467 e. The van der Waals surface area contributed by atoms with Crippen molar-refractivity contribution >= 4 is 39.2 Å². The molecule has 1 N–H and O–H groups in total. The fraction of sp³-hybridized carbons (Fsp3) is 0.421. The summed E-state index contributed by atoms with van der Waals surface area (Å²) < 4.78 is 5.34. The number of thioether (sulfide) groups is 1. The van der Waals surface area contributed by atoms with E-state index in [2.05, 4.69) is 22.2 Å². The van der Waals surface area contributed by atoms with Crippen LogP contribution in [0, 0.1) is 5.92 Å². The number of carbonyl (C=O) groups is 1. The normalized spacial score (nSPS) is 17.8. The van der Waals surface area contributed by atoms with E-state index >= 15 is 0 Å². The first-order valence-corrected chi connectivity index (χ1v) is 10.6. The Kier molecular flexibility index (Phi) is 5.00. The molecule has 0 unspecified atom stereocenters. The molecule has 5 nitrogen and oxygen atoms in total. The highest BCUT2D eigenvalue weighted by molar-refractivity contribution is 8.00. The summed E-state index contributed by atoms with van der Waals surface area (Å²) in [4.78, 5) is 23.7. The highest BCUT2D eigenvalue weighted by atomic mass is 32.2. The number of aromatic nitrogens is 2. The van der Waals surface area contributed by atoms with Crippen molar-refractivity contribution in [2.24, 2.45) is 5.92 Å². The molecule has 0 spiro atoms. The fourth-order valence-electron chi connectivity index (χ4n) is 3.38. The second-order valence-electron chi connectivity index (χ2n) is 6.80. The maximum absolute atomic E-state index is 12.3. The van der Waals surface area contributed by atoms with E-state index in [1.807, 2.05) is 19.1 Å². The second kappa shape index (κ2) is 7.40. The van der Waals surface area contributed by atoms with E-state index in [9.17, 15) is 4.79 Å². The molecule has 3 heterocycles. The molecule has 0 aliphatic heterocycles. The lowest BCUT2D eigenvalue weighted by molar-refractivity contribution is -0.119. The van der Waals surface area contributed by atoms with Crippen molar-refractivity contribution in [1.82, 2.24) is 15.3 Å². The number of furan rings is 1. The van der Waals surface area contributed by atoms with Crippen molar-refractivity contribution in [3.63, 3.8) is 0 Å². The molecule has 7 heteroatoms. The molecular formula is C19H21N3O2S2. The Morgan fingerprint density at radius 1 is 1.50 bits per heavy atom. The Morgan fingerprint density at radius 2 is 2.38 bits per heavy atom. The molecule has 1 aliphatic rings. The maximum Gasteiger partial charge on any atom is 0.230 e. The third-order valence-corrected chi connectivity index (χ3v) is 6.90. The van der Waals surface area contributed by atoms with Crippen LogP contribution in [0.4, 0.5) is 0 Å². The van der Waals surface area contributed by atoms with Gasteiger partial charge in [-0.25, -0.2) is 9.97 Å². The summed E-state index contributed by atoms with van der Waals surface area (Å²) in [7, 11) is 0. The van der Waals surface area contributed by atoms with Crippen LogP contribution >= 0.6 is 23.1 Å². The average Bonchev–Trinajstić information content (AvgIpc) is 3.27. The van der Waals surface area contributed by atoms with Crippen molar-refractivity contribution in [2.45, 2.75) is 44.2 Å². The first-order valence-electron chi connectivity index (χ1n) is 8.82. The van der Waals surface area contributed by atoms with Gasteiger partial charge in [-0.15, -0.1) is 11.3 Å². The smallest absolute Gasteiger partial charge is 0.230 e. The summed E-state index contributed by atoms with van der Waals surface area (Å²) in [6, 6.07) is 3.55. The zero-order valence-electron chi connectivity index (χ0n) is 14.8. The highest BCUT2D eigenvalue weighted by Crippen LogP contribution is 2.40. The van der Waals surface area contributed by atoms with Gasteiger partial charge in [0.05, 0.1) is 18.1 Å². The predicted molar refractivity (Wildman–Crippen MR) is 105 cm³/mol. The molecule has 3 aromatic heterocycles. The number of hydrogen-bond donors (Lipinski definition) is 1. The molecule has 0 saturated heterocycles. The van der Waals surface area contributed by atoms with Crippen LogP contribution in [0.25, 0.3) is 10.2 Å². The van der Waals surface area contributed by atoms with Gasteiger partial charge in [-0.05, 0) is 49.8 Å². The summed E-state index contributed by atoms with van der Waals surface area (Å²) in [5, 5.41) is 5.05. The first kappa shape index (κ1) is 17.5. The monoisotopic (exact) mass is 387 g/mol. The molecule has 0 bridgehead atoms. The lowest BCUT2D eigenvalue weighted by Crippen LogP contribution is -2.27. The third-order valence-electron chi connectivity index (χ3n) is 4.74. The SMILES string of the molecule is C[C@H]1CCc2c(sc3ncnc(SCC(=O)N[C@H](C)c4ccco4)c23)C1. The van der Waals surface area contributed by atoms with Crippen LogP contribution in [-0.2, 0) is 17.6 Å². The van der Waals surface area contributed by atoms with Crippen molar-refractivity contribution < 1.29 is 9.21 Å². The lowest BCUT2D eigenvalue weighted by Gasteiger charge is -2.18. The van der Waals surface area contributed by atoms with Crippen molar-refractivity contribution in [2.75, 3.05) is 5.75 Å². The maximum atomic E-state index is 12.3. The van der Waals surface area contributed by atoms with Gasteiger partial charge in [-0.2, -0.15) is 0 Å². The van der Waals surface area contributed by atoms with Gasteiger partial charge in [0.1, 0.15) is 21.9 Å². The Bertz CT molecular complexity index is 920. The third kappa shape index (κ3) is 3.50. The quantitative estimate of drug-likeness (QED) is 0.520. The Hall–Kier alpha value is -1.86. The van der Waals surface area contributed by atoms with Gasteiger partial charge in [0.2, 0.25) is 5.91 Å². The van der Waals surface area contributed by atoms with Gasteiger partial charge < -0.3 is 9.73 Å². The van der Waals surface area contributed by atoms with E-state index < -0.39 is 0 Å². The number of aryl methyl sites for hydroxylation is 1. The molecule has 2 atom stereocenters. The van der Waals surface area contributed by atoms with Gasteiger partial charge in [0, 0.05) is 10.3 Å². The minimum atomic E-state index is -0.140.